The van der Waals surface area contributed by atoms with Gasteiger partial charge < -0.3 is 9.30 Å². The lowest BCUT2D eigenvalue weighted by Gasteiger charge is -2.32. The molecule has 1 aliphatic rings. The Kier molecular flexibility index (Phi) is 5.03. The number of ether oxygens (including phenoxy) is 1. The average Bonchev–Trinajstić information content (AvgIpc) is 3.04. The van der Waals surface area contributed by atoms with E-state index in [4.69, 9.17) is 9.72 Å². The third-order valence-electron chi connectivity index (χ3n) is 4.23. The molecule has 6 heteroatoms. The minimum Gasteiger partial charge on any atom is -0.368 e. The van der Waals surface area contributed by atoms with Crippen LogP contribution in [0.4, 0.5) is 0 Å². The quantitative estimate of drug-likeness (QED) is 0.848. The fourth-order valence-electron chi connectivity index (χ4n) is 2.90. The summed E-state index contributed by atoms with van der Waals surface area (Å²) in [6.45, 7) is 10.6. The lowest BCUT2D eigenvalue weighted by Crippen LogP contribution is -2.39. The highest BCUT2D eigenvalue weighted by Crippen LogP contribution is 2.22. The van der Waals surface area contributed by atoms with Gasteiger partial charge in [0.25, 0.3) is 0 Å². The summed E-state index contributed by atoms with van der Waals surface area (Å²) in [6.07, 6.45) is 1.75. The standard InChI is InChI=1S/C17H25N5O/c1-4-22-12-18-20-17(22)16-11-21(8-9-23-16)10-14-6-5-7-15(19-14)13(2)3/h5-7,12-13,16H,4,8-11H2,1-3H3. The number of nitrogens with zero attached hydrogens (tertiary/aromatic N) is 5. The van der Waals surface area contributed by atoms with Crippen molar-refractivity contribution in [1.82, 2.24) is 24.6 Å². The van der Waals surface area contributed by atoms with E-state index in [0.717, 1.165) is 43.4 Å². The largest absolute Gasteiger partial charge is 0.368 e. The molecule has 0 spiro atoms. The molecular weight excluding hydrogens is 290 g/mol. The molecule has 1 atom stereocenters. The van der Waals surface area contributed by atoms with Crippen LogP contribution in [0.2, 0.25) is 0 Å². The Hall–Kier alpha value is -1.79. The van der Waals surface area contributed by atoms with Crippen molar-refractivity contribution in [3.63, 3.8) is 0 Å². The monoisotopic (exact) mass is 315 g/mol. The van der Waals surface area contributed by atoms with Gasteiger partial charge in [-0.25, -0.2) is 0 Å². The molecule has 6 nitrogen and oxygen atoms in total. The van der Waals surface area contributed by atoms with Gasteiger partial charge >= 0.3 is 0 Å². The van der Waals surface area contributed by atoms with E-state index < -0.39 is 0 Å². The molecule has 0 saturated carbocycles. The smallest absolute Gasteiger partial charge is 0.163 e. The van der Waals surface area contributed by atoms with Crippen LogP contribution in [-0.4, -0.2) is 44.3 Å². The molecule has 0 N–H and O–H groups in total. The predicted molar refractivity (Wildman–Crippen MR) is 88.0 cm³/mol. The summed E-state index contributed by atoms with van der Waals surface area (Å²) in [5.41, 5.74) is 2.27. The first-order valence-corrected chi connectivity index (χ1v) is 8.35. The van der Waals surface area contributed by atoms with Crippen LogP contribution >= 0.6 is 0 Å². The Morgan fingerprint density at radius 3 is 3.00 bits per heavy atom. The van der Waals surface area contributed by atoms with Gasteiger partial charge in [0.1, 0.15) is 12.4 Å². The number of hydrogen-bond donors (Lipinski definition) is 0. The highest BCUT2D eigenvalue weighted by Gasteiger charge is 2.26. The van der Waals surface area contributed by atoms with E-state index in [1.54, 1.807) is 6.33 Å². The van der Waals surface area contributed by atoms with Crippen molar-refractivity contribution >= 4 is 0 Å². The van der Waals surface area contributed by atoms with E-state index in [9.17, 15) is 0 Å². The van der Waals surface area contributed by atoms with Crippen LogP contribution in [0, 0.1) is 0 Å². The van der Waals surface area contributed by atoms with Crippen LogP contribution < -0.4 is 0 Å². The van der Waals surface area contributed by atoms with Crippen molar-refractivity contribution in [1.29, 1.82) is 0 Å². The third-order valence-corrected chi connectivity index (χ3v) is 4.23. The second-order valence-corrected chi connectivity index (χ2v) is 6.28. The molecule has 23 heavy (non-hydrogen) atoms. The van der Waals surface area contributed by atoms with Gasteiger partial charge in [-0.1, -0.05) is 19.9 Å². The van der Waals surface area contributed by atoms with Crippen molar-refractivity contribution in [3.05, 3.63) is 41.7 Å². The summed E-state index contributed by atoms with van der Waals surface area (Å²) in [5, 5.41) is 8.25. The van der Waals surface area contributed by atoms with Crippen molar-refractivity contribution in [2.24, 2.45) is 0 Å². The second-order valence-electron chi connectivity index (χ2n) is 6.28. The van der Waals surface area contributed by atoms with Gasteiger partial charge in [-0.3, -0.25) is 9.88 Å². The minimum absolute atomic E-state index is 0.0144. The Bertz CT molecular complexity index is 639. The number of pyridine rings is 1. The minimum atomic E-state index is -0.0144. The van der Waals surface area contributed by atoms with E-state index in [2.05, 4.69) is 54.1 Å². The van der Waals surface area contributed by atoms with Crippen molar-refractivity contribution in [3.8, 4) is 0 Å². The van der Waals surface area contributed by atoms with Crippen LogP contribution in [-0.2, 0) is 17.8 Å². The van der Waals surface area contributed by atoms with Gasteiger partial charge in [0.15, 0.2) is 5.82 Å². The van der Waals surface area contributed by atoms with Gasteiger partial charge in [0, 0.05) is 31.9 Å². The maximum Gasteiger partial charge on any atom is 0.163 e. The molecule has 3 heterocycles. The second kappa shape index (κ2) is 7.19. The lowest BCUT2D eigenvalue weighted by molar-refractivity contribution is -0.0392. The van der Waals surface area contributed by atoms with Gasteiger partial charge in [-0.05, 0) is 25.0 Å². The number of aromatic nitrogens is 4. The molecule has 2 aromatic heterocycles. The Morgan fingerprint density at radius 1 is 1.35 bits per heavy atom. The molecule has 0 aromatic carbocycles. The van der Waals surface area contributed by atoms with E-state index in [0.29, 0.717) is 12.5 Å². The van der Waals surface area contributed by atoms with Crippen molar-refractivity contribution in [2.75, 3.05) is 19.7 Å². The summed E-state index contributed by atoms with van der Waals surface area (Å²) >= 11 is 0. The fraction of sp³-hybridized carbons (Fsp3) is 0.588. The Balaban J connectivity index is 1.68. The summed E-state index contributed by atoms with van der Waals surface area (Å²) in [7, 11) is 0. The zero-order valence-electron chi connectivity index (χ0n) is 14.1. The molecule has 0 radical (unpaired) electrons. The summed E-state index contributed by atoms with van der Waals surface area (Å²) in [5.74, 6) is 1.37. The van der Waals surface area contributed by atoms with E-state index >= 15 is 0 Å². The van der Waals surface area contributed by atoms with E-state index in [1.165, 1.54) is 0 Å². The van der Waals surface area contributed by atoms with Crippen LogP contribution in [0.25, 0.3) is 0 Å². The fourth-order valence-corrected chi connectivity index (χ4v) is 2.90. The van der Waals surface area contributed by atoms with E-state index in [1.807, 2.05) is 4.57 Å². The highest BCUT2D eigenvalue weighted by atomic mass is 16.5. The molecule has 1 fully saturated rings. The zero-order valence-corrected chi connectivity index (χ0v) is 14.1. The first-order chi connectivity index (χ1) is 11.2. The number of aryl methyl sites for hydroxylation is 1. The van der Waals surface area contributed by atoms with Crippen LogP contribution in [0.1, 0.15) is 50.0 Å². The SMILES string of the molecule is CCn1cnnc1C1CN(Cc2cccc(C(C)C)n2)CCO1. The Morgan fingerprint density at radius 2 is 2.22 bits per heavy atom. The highest BCUT2D eigenvalue weighted by molar-refractivity contribution is 5.14. The molecule has 2 aromatic rings. The van der Waals surface area contributed by atoms with E-state index in [-0.39, 0.29) is 6.10 Å². The average molecular weight is 315 g/mol. The van der Waals surface area contributed by atoms with Crippen molar-refractivity contribution in [2.45, 2.75) is 45.9 Å². The zero-order chi connectivity index (χ0) is 16.2. The van der Waals surface area contributed by atoms with Gasteiger partial charge in [-0.2, -0.15) is 0 Å². The van der Waals surface area contributed by atoms with Gasteiger partial charge in [-0.15, -0.1) is 10.2 Å². The van der Waals surface area contributed by atoms with Crippen molar-refractivity contribution < 1.29 is 4.74 Å². The number of rotatable bonds is 5. The molecule has 0 bridgehead atoms. The molecule has 0 amide bonds. The molecule has 124 valence electrons. The lowest BCUT2D eigenvalue weighted by atomic mass is 10.1. The molecule has 1 saturated heterocycles. The molecule has 3 rings (SSSR count). The summed E-state index contributed by atoms with van der Waals surface area (Å²) in [6, 6.07) is 6.30. The Labute approximate surface area is 137 Å². The molecule has 0 aliphatic carbocycles. The normalized spacial score (nSPS) is 19.4. The summed E-state index contributed by atoms with van der Waals surface area (Å²) < 4.78 is 7.96. The maximum atomic E-state index is 5.91. The summed E-state index contributed by atoms with van der Waals surface area (Å²) in [4.78, 5) is 7.16. The van der Waals surface area contributed by atoms with Crippen LogP contribution in [0.5, 0.6) is 0 Å². The van der Waals surface area contributed by atoms with Gasteiger partial charge in [0.2, 0.25) is 0 Å². The first-order valence-electron chi connectivity index (χ1n) is 8.35. The molecule has 1 aliphatic heterocycles. The third kappa shape index (κ3) is 3.76. The molecule has 1 unspecified atom stereocenters. The number of morpholine rings is 1. The first kappa shape index (κ1) is 16.1. The molecular formula is C17H25N5O. The topological polar surface area (TPSA) is 56.1 Å². The van der Waals surface area contributed by atoms with Gasteiger partial charge in [0.05, 0.1) is 12.3 Å². The predicted octanol–water partition coefficient (Wildman–Crippen LogP) is 2.39. The van der Waals surface area contributed by atoms with Crippen LogP contribution in [0.15, 0.2) is 24.5 Å². The maximum absolute atomic E-state index is 5.91. The number of hydrogen-bond acceptors (Lipinski definition) is 5. The van der Waals surface area contributed by atoms with Crippen LogP contribution in [0.3, 0.4) is 0 Å².